The molecule has 236 valence electrons. The Morgan fingerprint density at radius 2 is 1.37 bits per heavy atom. The van der Waals surface area contributed by atoms with Gasteiger partial charge in [-0.25, -0.2) is 0 Å². The number of rotatable bonds is 12. The molecule has 1 aromatic carbocycles. The molecule has 1 aromatic rings. The quantitative estimate of drug-likeness (QED) is 0.0661. The van der Waals surface area contributed by atoms with Crippen molar-refractivity contribution in [2.45, 2.75) is 69.1 Å². The molecule has 0 saturated carbocycles. The fraction of sp³-hybridized carbons (Fsp3) is 0.519. The van der Waals surface area contributed by atoms with Crippen LogP contribution >= 0.6 is 0 Å². The number of hydrogen-bond acceptors (Lipinski definition) is 8. The number of carbonyl (C=O) groups is 6. The smallest absolute Gasteiger partial charge is 0.305 e. The summed E-state index contributed by atoms with van der Waals surface area (Å²) in [6.07, 6.45) is 0.854. The second-order valence-corrected chi connectivity index (χ2v) is 10.0. The van der Waals surface area contributed by atoms with Gasteiger partial charge in [0.2, 0.25) is 29.5 Å². The lowest BCUT2D eigenvalue weighted by Gasteiger charge is -2.26. The lowest BCUT2D eigenvalue weighted by Crippen LogP contribution is -2.58. The van der Waals surface area contributed by atoms with E-state index in [9.17, 15) is 33.9 Å². The average molecular weight is 604 g/mol. The first-order valence-electron chi connectivity index (χ1n) is 14.0. The minimum Gasteiger partial charge on any atom is -0.481 e. The van der Waals surface area contributed by atoms with E-state index < -0.39 is 72.6 Å². The number of aliphatic carboxylic acids is 1. The Labute approximate surface area is 249 Å². The van der Waals surface area contributed by atoms with Gasteiger partial charge in [0.25, 0.3) is 0 Å². The number of carbonyl (C=O) groups excluding carboxylic acids is 5. The number of nitrogens with two attached hydrogens (primary N) is 3. The second kappa shape index (κ2) is 17.9. The van der Waals surface area contributed by atoms with Crippen LogP contribution in [0.5, 0.6) is 0 Å². The molecule has 43 heavy (non-hydrogen) atoms. The molecular formula is C27H41N9O7. The van der Waals surface area contributed by atoms with Crippen molar-refractivity contribution in [3.05, 3.63) is 35.9 Å². The summed E-state index contributed by atoms with van der Waals surface area (Å²) in [6, 6.07) is 3.75. The summed E-state index contributed by atoms with van der Waals surface area (Å²) in [6.45, 7) is -0.0746. The molecule has 0 radical (unpaired) electrons. The molecule has 0 aliphatic carbocycles. The van der Waals surface area contributed by atoms with Crippen molar-refractivity contribution in [3.8, 4) is 0 Å². The fourth-order valence-corrected chi connectivity index (χ4v) is 4.33. The van der Waals surface area contributed by atoms with Gasteiger partial charge in [-0.1, -0.05) is 30.3 Å². The Hall–Kier alpha value is -4.73. The maximum atomic E-state index is 13.6. The predicted molar refractivity (Wildman–Crippen MR) is 156 cm³/mol. The number of benzene rings is 1. The van der Waals surface area contributed by atoms with Gasteiger partial charge in [-0.2, -0.15) is 0 Å². The number of carboxylic acids is 1. The lowest BCUT2D eigenvalue weighted by atomic mass is 10.0. The summed E-state index contributed by atoms with van der Waals surface area (Å²) in [5, 5.41) is 21.9. The molecule has 16 nitrogen and oxygen atoms in total. The maximum Gasteiger partial charge on any atom is 0.305 e. The Morgan fingerprint density at radius 3 is 2.00 bits per heavy atom. The van der Waals surface area contributed by atoms with Gasteiger partial charge in [0.15, 0.2) is 5.96 Å². The fourth-order valence-electron chi connectivity index (χ4n) is 4.33. The van der Waals surface area contributed by atoms with Crippen molar-refractivity contribution in [2.75, 3.05) is 19.6 Å². The van der Waals surface area contributed by atoms with Gasteiger partial charge in [-0.05, 0) is 44.2 Å². The van der Waals surface area contributed by atoms with Crippen LogP contribution in [-0.2, 0) is 35.2 Å². The Bertz CT molecular complexity index is 1160. The van der Waals surface area contributed by atoms with Crippen LogP contribution in [0, 0.1) is 0 Å². The molecule has 2 rings (SSSR count). The molecule has 1 aliphatic heterocycles. The SMILES string of the molecule is NCCCC[C@H]1NC(=O)[C@@H](Cc2ccccc2)NC(=O)[C@H](CC(=O)O)NC(=O)CNC(=O)[C@H](CCCN=C(N)N)NC1=O. The van der Waals surface area contributed by atoms with Crippen LogP contribution in [-0.4, -0.2) is 90.4 Å². The molecule has 0 unspecified atom stereocenters. The zero-order valence-corrected chi connectivity index (χ0v) is 23.8. The summed E-state index contributed by atoms with van der Waals surface area (Å²) in [5.41, 5.74) is 17.0. The molecule has 16 heteroatoms. The van der Waals surface area contributed by atoms with E-state index >= 15 is 0 Å². The van der Waals surface area contributed by atoms with Crippen molar-refractivity contribution in [3.63, 3.8) is 0 Å². The number of amides is 5. The van der Waals surface area contributed by atoms with Gasteiger partial charge < -0.3 is 48.9 Å². The molecule has 0 aromatic heterocycles. The van der Waals surface area contributed by atoms with Crippen LogP contribution in [0.3, 0.4) is 0 Å². The highest BCUT2D eigenvalue weighted by Crippen LogP contribution is 2.09. The molecule has 1 aliphatic rings. The molecule has 12 N–H and O–H groups in total. The van der Waals surface area contributed by atoms with E-state index in [0.717, 1.165) is 0 Å². The Morgan fingerprint density at radius 1 is 0.791 bits per heavy atom. The van der Waals surface area contributed by atoms with E-state index in [1.165, 1.54) is 0 Å². The van der Waals surface area contributed by atoms with E-state index in [1.54, 1.807) is 30.3 Å². The number of hydrogen-bond donors (Lipinski definition) is 9. The zero-order valence-electron chi connectivity index (χ0n) is 23.8. The molecule has 1 fully saturated rings. The molecule has 1 heterocycles. The van der Waals surface area contributed by atoms with Gasteiger partial charge in [0.05, 0.1) is 13.0 Å². The van der Waals surface area contributed by atoms with E-state index in [4.69, 9.17) is 17.2 Å². The van der Waals surface area contributed by atoms with E-state index in [1.807, 2.05) is 0 Å². The molecule has 4 atom stereocenters. The first-order valence-corrected chi connectivity index (χ1v) is 14.0. The number of aliphatic imine (C=N–C) groups is 1. The maximum absolute atomic E-state index is 13.6. The van der Waals surface area contributed by atoms with Gasteiger partial charge in [-0.15, -0.1) is 0 Å². The topological polar surface area (TPSA) is 273 Å². The van der Waals surface area contributed by atoms with Gasteiger partial charge in [-0.3, -0.25) is 33.8 Å². The zero-order chi connectivity index (χ0) is 31.8. The largest absolute Gasteiger partial charge is 0.481 e. The molecule has 0 bridgehead atoms. The van der Waals surface area contributed by atoms with E-state index in [-0.39, 0.29) is 31.8 Å². The molecule has 1 saturated heterocycles. The standard InChI is InChI=1S/C27H41N9O7/c28-11-5-4-9-18-24(41)34-17(10-6-12-31-27(29)30)23(40)32-15-21(37)33-20(14-22(38)39)26(43)36-19(25(42)35-18)13-16-7-2-1-3-8-16/h1-3,7-8,17-20H,4-6,9-15,28H2,(H,32,40)(H,33,37)(H,34,41)(H,35,42)(H,36,43)(H,38,39)(H4,29,30,31)/t17-,18+,19+,20-/m0/s1. The first kappa shape index (κ1) is 34.5. The summed E-state index contributed by atoms with van der Waals surface area (Å²) < 4.78 is 0. The van der Waals surface area contributed by atoms with Crippen LogP contribution in [0.1, 0.15) is 44.1 Å². The second-order valence-electron chi connectivity index (χ2n) is 10.0. The number of nitrogens with one attached hydrogen (secondary N) is 5. The molecular weight excluding hydrogens is 562 g/mol. The van der Waals surface area contributed by atoms with Gasteiger partial charge >= 0.3 is 5.97 Å². The van der Waals surface area contributed by atoms with Crippen molar-refractivity contribution >= 4 is 41.5 Å². The Balaban J connectivity index is 2.44. The third kappa shape index (κ3) is 12.8. The highest BCUT2D eigenvalue weighted by atomic mass is 16.4. The van der Waals surface area contributed by atoms with Crippen LogP contribution in [0.25, 0.3) is 0 Å². The Kier molecular flexibility index (Phi) is 14.4. The van der Waals surface area contributed by atoms with Gasteiger partial charge in [0, 0.05) is 13.0 Å². The highest BCUT2D eigenvalue weighted by Gasteiger charge is 2.33. The van der Waals surface area contributed by atoms with Crippen LogP contribution in [0.2, 0.25) is 0 Å². The monoisotopic (exact) mass is 603 g/mol. The number of nitrogens with zero attached hydrogens (tertiary/aromatic N) is 1. The number of guanidine groups is 1. The minimum atomic E-state index is -1.55. The normalized spacial score (nSPS) is 22.0. The van der Waals surface area contributed by atoms with Crippen molar-refractivity contribution in [2.24, 2.45) is 22.2 Å². The van der Waals surface area contributed by atoms with E-state index in [0.29, 0.717) is 31.4 Å². The van der Waals surface area contributed by atoms with Gasteiger partial charge in [0.1, 0.15) is 24.2 Å². The minimum absolute atomic E-state index is 0.0107. The number of carboxylic acid groups (broad SMARTS) is 1. The third-order valence-electron chi connectivity index (χ3n) is 6.53. The van der Waals surface area contributed by atoms with Crippen molar-refractivity contribution in [1.29, 1.82) is 0 Å². The summed E-state index contributed by atoms with van der Waals surface area (Å²) in [5.74, 6) is -5.36. The summed E-state index contributed by atoms with van der Waals surface area (Å²) in [4.78, 5) is 81.1. The lowest BCUT2D eigenvalue weighted by molar-refractivity contribution is -0.141. The number of unbranched alkanes of at least 4 members (excludes halogenated alkanes) is 1. The van der Waals surface area contributed by atoms with Crippen LogP contribution in [0.15, 0.2) is 35.3 Å². The average Bonchev–Trinajstić information content (AvgIpc) is 2.95. The predicted octanol–water partition coefficient (Wildman–Crippen LogP) is -3.04. The highest BCUT2D eigenvalue weighted by molar-refractivity contribution is 5.98. The van der Waals surface area contributed by atoms with Crippen molar-refractivity contribution in [1.82, 2.24) is 26.6 Å². The van der Waals surface area contributed by atoms with Crippen LogP contribution in [0.4, 0.5) is 0 Å². The summed E-state index contributed by atoms with van der Waals surface area (Å²) in [7, 11) is 0. The van der Waals surface area contributed by atoms with Crippen molar-refractivity contribution < 1.29 is 33.9 Å². The third-order valence-corrected chi connectivity index (χ3v) is 6.53. The molecule has 0 spiro atoms. The van der Waals surface area contributed by atoms with Crippen LogP contribution < -0.4 is 43.8 Å². The van der Waals surface area contributed by atoms with E-state index in [2.05, 4.69) is 31.6 Å². The molecule has 5 amide bonds. The summed E-state index contributed by atoms with van der Waals surface area (Å²) >= 11 is 0. The first-order chi connectivity index (χ1) is 20.5.